The van der Waals surface area contributed by atoms with Crippen LogP contribution < -0.4 is 10.1 Å². The van der Waals surface area contributed by atoms with Crippen LogP contribution in [0.1, 0.15) is 44.7 Å². The van der Waals surface area contributed by atoms with E-state index in [0.29, 0.717) is 56.6 Å². The number of amides is 2. The fourth-order valence-corrected chi connectivity index (χ4v) is 7.27. The summed E-state index contributed by atoms with van der Waals surface area (Å²) in [7, 11) is 3.70. The second-order valence-corrected chi connectivity index (χ2v) is 13.8. The predicted octanol–water partition coefficient (Wildman–Crippen LogP) is 6.04. The molecule has 0 unspecified atom stereocenters. The molecule has 12 nitrogen and oxygen atoms in total. The fraction of sp³-hybridized carbons (Fsp3) is 0.385. The highest BCUT2D eigenvalue weighted by Crippen LogP contribution is 2.36. The van der Waals surface area contributed by atoms with Gasteiger partial charge in [-0.05, 0) is 68.1 Å². The summed E-state index contributed by atoms with van der Waals surface area (Å²) in [6.45, 7) is 12.8. The first-order valence-electron chi connectivity index (χ1n) is 17.7. The number of aromatic amines is 1. The van der Waals surface area contributed by atoms with Crippen LogP contribution in [0.5, 0.6) is 5.88 Å². The lowest BCUT2D eigenvalue weighted by Crippen LogP contribution is -2.45. The minimum atomic E-state index is -0.661. The van der Waals surface area contributed by atoms with Crippen LogP contribution in [-0.2, 0) is 9.59 Å². The number of hydrazone groups is 1. The highest BCUT2D eigenvalue weighted by Gasteiger charge is 2.44. The van der Waals surface area contributed by atoms with E-state index in [-0.39, 0.29) is 18.4 Å². The van der Waals surface area contributed by atoms with Gasteiger partial charge in [0.1, 0.15) is 10.4 Å². The van der Waals surface area contributed by atoms with E-state index < -0.39 is 4.75 Å². The van der Waals surface area contributed by atoms with Gasteiger partial charge in [-0.25, -0.2) is 9.98 Å². The minimum absolute atomic E-state index is 0.0626. The second-order valence-electron chi connectivity index (χ2n) is 12.6. The number of amidine groups is 1. The van der Waals surface area contributed by atoms with Gasteiger partial charge in [0.2, 0.25) is 17.7 Å². The monoisotopic (exact) mass is 723 g/mol. The van der Waals surface area contributed by atoms with Crippen molar-refractivity contribution in [2.24, 2.45) is 10.1 Å². The van der Waals surface area contributed by atoms with E-state index in [2.05, 4.69) is 60.4 Å². The van der Waals surface area contributed by atoms with E-state index in [1.165, 1.54) is 5.57 Å². The third kappa shape index (κ3) is 8.71. The summed E-state index contributed by atoms with van der Waals surface area (Å²) < 4.78 is 4.91. The van der Waals surface area contributed by atoms with Gasteiger partial charge in [0.25, 0.3) is 0 Å². The number of carbonyl (C=O) groups is 2. The van der Waals surface area contributed by atoms with Gasteiger partial charge >= 0.3 is 0 Å². The Hall–Kier alpha value is -5.01. The molecule has 0 saturated carbocycles. The number of carbonyl (C=O) groups excluding carboxylic acids is 2. The van der Waals surface area contributed by atoms with Gasteiger partial charge in [0, 0.05) is 74.7 Å². The van der Waals surface area contributed by atoms with E-state index in [9.17, 15) is 9.59 Å². The van der Waals surface area contributed by atoms with Gasteiger partial charge in [0.15, 0.2) is 5.84 Å². The van der Waals surface area contributed by atoms with Crippen LogP contribution in [0, 0.1) is 0 Å². The summed E-state index contributed by atoms with van der Waals surface area (Å²) in [4.78, 5) is 39.5. The van der Waals surface area contributed by atoms with E-state index in [0.717, 1.165) is 39.7 Å². The number of anilines is 1. The number of hydrogen-bond donors (Lipinski definition) is 2. The SMILES string of the molecule is C=N/C(=N\N(C)C)c1ccc(C2=CCN(C(=O)CN3CC[C@@](SC)(C(=O)Nc4ccc5[nH]nc(-c6ccnc(OCC)c6)c5c4)C3)CC2)cc1.CC. The zero-order valence-electron chi connectivity index (χ0n) is 31.0. The maximum absolute atomic E-state index is 13.8. The van der Waals surface area contributed by atoms with Gasteiger partial charge in [-0.1, -0.05) is 44.2 Å². The number of likely N-dealkylation sites (tertiary alicyclic amines) is 1. The molecule has 2 N–H and O–H groups in total. The van der Waals surface area contributed by atoms with Crippen LogP contribution in [0.25, 0.3) is 27.7 Å². The Labute approximate surface area is 310 Å². The van der Waals surface area contributed by atoms with Crippen LogP contribution in [0.2, 0.25) is 0 Å². The Morgan fingerprint density at radius 2 is 1.88 bits per heavy atom. The normalized spacial score (nSPS) is 17.6. The zero-order valence-corrected chi connectivity index (χ0v) is 31.8. The fourth-order valence-electron chi connectivity index (χ4n) is 6.43. The molecule has 4 heterocycles. The molecular formula is C39H49N9O3S. The number of ether oxygens (including phenoxy) is 1. The van der Waals surface area contributed by atoms with E-state index in [4.69, 9.17) is 4.74 Å². The Morgan fingerprint density at radius 1 is 1.10 bits per heavy atom. The quantitative estimate of drug-likeness (QED) is 0.109. The number of aliphatic imine (C=N–C) groups is 1. The summed E-state index contributed by atoms with van der Waals surface area (Å²) in [5, 5.41) is 17.7. The molecule has 2 aromatic carbocycles. The first kappa shape index (κ1) is 38.2. The molecule has 274 valence electrons. The first-order valence-corrected chi connectivity index (χ1v) is 18.9. The maximum Gasteiger partial charge on any atom is 0.241 e. The Balaban J connectivity index is 0.00000257. The maximum atomic E-state index is 13.8. The molecule has 0 aliphatic carbocycles. The lowest BCUT2D eigenvalue weighted by atomic mass is 9.98. The third-order valence-electron chi connectivity index (χ3n) is 9.12. The number of H-pyrrole nitrogens is 1. The number of fused-ring (bicyclic) bond motifs is 1. The lowest BCUT2D eigenvalue weighted by Gasteiger charge is -2.29. The number of nitrogens with zero attached hydrogens (tertiary/aromatic N) is 7. The summed E-state index contributed by atoms with van der Waals surface area (Å²) in [5.41, 5.74) is 6.42. The number of nitrogens with one attached hydrogen (secondary N) is 2. The molecule has 0 radical (unpaired) electrons. The molecule has 1 saturated heterocycles. The Morgan fingerprint density at radius 3 is 2.56 bits per heavy atom. The van der Waals surface area contributed by atoms with Crippen LogP contribution in [0.3, 0.4) is 0 Å². The lowest BCUT2D eigenvalue weighted by molar-refractivity contribution is -0.132. The topological polar surface area (TPSA) is 131 Å². The van der Waals surface area contributed by atoms with Crippen LogP contribution in [0.15, 0.2) is 77.0 Å². The molecule has 13 heteroatoms. The molecule has 6 rings (SSSR count). The molecule has 1 atom stereocenters. The Bertz CT molecular complexity index is 1940. The van der Waals surface area contributed by atoms with E-state index >= 15 is 0 Å². The van der Waals surface area contributed by atoms with Gasteiger partial charge in [-0.3, -0.25) is 19.6 Å². The molecule has 2 aliphatic heterocycles. The molecule has 2 amide bonds. The third-order valence-corrected chi connectivity index (χ3v) is 10.4. The smallest absolute Gasteiger partial charge is 0.241 e. The number of rotatable bonds is 11. The van der Waals surface area contributed by atoms with Crippen molar-refractivity contribution < 1.29 is 14.3 Å². The molecule has 4 aromatic rings. The molecular weight excluding hydrogens is 675 g/mol. The number of aromatic nitrogens is 3. The highest BCUT2D eigenvalue weighted by atomic mass is 32.2. The molecule has 52 heavy (non-hydrogen) atoms. The van der Waals surface area contributed by atoms with Crippen LogP contribution in [-0.4, -0.2) is 119 Å². The Kier molecular flexibility index (Phi) is 12.8. The van der Waals surface area contributed by atoms with Gasteiger partial charge < -0.3 is 20.0 Å². The van der Waals surface area contributed by atoms with Crippen molar-refractivity contribution in [2.45, 2.75) is 38.4 Å². The standard InChI is InChI=1S/C37H43N9O3S.C2H6/c1-6-49-32-21-28(13-17-39-32)34-30-22-29(11-12-31(30)41-42-34)40-36(48)37(50-5)16-20-45(24-37)23-33(47)46-18-14-26(15-19-46)25-7-9-27(10-8-25)35(38-2)43-44(3)4;1-2/h7-14,17,21-22H,2,6,15-16,18-20,23-24H2,1,3-5H3,(H,40,48)(H,41,42);1-2H3/b43-35-;/t37-;/m0./s1. The van der Waals surface area contributed by atoms with Crippen molar-refractivity contribution in [1.82, 2.24) is 30.0 Å². The molecule has 2 aromatic heterocycles. The highest BCUT2D eigenvalue weighted by molar-refractivity contribution is 8.00. The zero-order chi connectivity index (χ0) is 37.3. The van der Waals surface area contributed by atoms with Crippen molar-refractivity contribution in [3.8, 4) is 17.1 Å². The molecule has 2 aliphatic rings. The number of pyridine rings is 1. The summed E-state index contributed by atoms with van der Waals surface area (Å²) >= 11 is 1.54. The number of thioether (sulfide) groups is 1. The minimum Gasteiger partial charge on any atom is -0.478 e. The first-order chi connectivity index (χ1) is 25.2. The van der Waals surface area contributed by atoms with Gasteiger partial charge in [-0.15, -0.1) is 11.8 Å². The second kappa shape index (κ2) is 17.5. The number of hydrogen-bond acceptors (Lipinski definition) is 9. The van der Waals surface area contributed by atoms with Crippen molar-refractivity contribution in [2.75, 3.05) is 65.0 Å². The van der Waals surface area contributed by atoms with Gasteiger partial charge in [0.05, 0.1) is 18.7 Å². The van der Waals surface area contributed by atoms with Crippen molar-refractivity contribution in [3.05, 3.63) is 78.0 Å². The largest absolute Gasteiger partial charge is 0.478 e. The molecule has 1 fully saturated rings. The van der Waals surface area contributed by atoms with E-state index in [1.807, 2.05) is 88.5 Å². The summed E-state index contributed by atoms with van der Waals surface area (Å²) in [5.74, 6) is 1.12. The van der Waals surface area contributed by atoms with Crippen molar-refractivity contribution in [1.29, 1.82) is 0 Å². The number of benzene rings is 2. The summed E-state index contributed by atoms with van der Waals surface area (Å²) in [6.07, 6.45) is 7.24. The van der Waals surface area contributed by atoms with Crippen LogP contribution >= 0.6 is 11.8 Å². The molecule has 0 bridgehead atoms. The predicted molar refractivity (Wildman–Crippen MR) is 213 cm³/mol. The van der Waals surface area contributed by atoms with Crippen molar-refractivity contribution in [3.63, 3.8) is 0 Å². The average Bonchev–Trinajstić information content (AvgIpc) is 3.80. The van der Waals surface area contributed by atoms with E-state index in [1.54, 1.807) is 23.0 Å². The summed E-state index contributed by atoms with van der Waals surface area (Å²) in [6, 6.07) is 17.6. The van der Waals surface area contributed by atoms with Crippen molar-refractivity contribution >= 4 is 58.3 Å². The van der Waals surface area contributed by atoms with Gasteiger partial charge in [-0.2, -0.15) is 10.2 Å². The van der Waals surface area contributed by atoms with Crippen LogP contribution in [0.4, 0.5) is 5.69 Å². The average molecular weight is 724 g/mol. The molecule has 0 spiro atoms.